The zero-order valence-electron chi connectivity index (χ0n) is 14.8. The molecule has 2 heterocycles. The number of hydrogen-bond donors (Lipinski definition) is 1. The topological polar surface area (TPSA) is 96.5 Å². The highest BCUT2D eigenvalue weighted by atomic mass is 32.2. The molecule has 8 heteroatoms. The van der Waals surface area contributed by atoms with Crippen LogP contribution in [0.5, 0.6) is 0 Å². The molecule has 0 radical (unpaired) electrons. The fraction of sp³-hybridized carbons (Fsp3) is 0.444. The molecule has 0 aliphatic carbocycles. The largest absolute Gasteiger partial charge is 0.454 e. The molecular formula is C18H22N2O5S. The monoisotopic (exact) mass is 378 g/mol. The Bertz CT molecular complexity index is 926. The van der Waals surface area contributed by atoms with Gasteiger partial charge in [-0.1, -0.05) is 18.2 Å². The molecule has 2 aromatic rings. The summed E-state index contributed by atoms with van der Waals surface area (Å²) in [6.45, 7) is 2.15. The zero-order chi connectivity index (χ0) is 18.9. The molecule has 1 fully saturated rings. The fourth-order valence-electron chi connectivity index (χ4n) is 3.24. The van der Waals surface area contributed by atoms with Crippen LogP contribution in [0.4, 0.5) is 0 Å². The molecular weight excluding hydrogens is 356 g/mol. The van der Waals surface area contributed by atoms with Gasteiger partial charge >= 0.3 is 5.97 Å². The summed E-state index contributed by atoms with van der Waals surface area (Å²) in [5.74, 6) is -1.09. The summed E-state index contributed by atoms with van der Waals surface area (Å²) >= 11 is 0. The second-order valence-corrected chi connectivity index (χ2v) is 8.61. The number of esters is 1. The van der Waals surface area contributed by atoms with E-state index in [1.165, 1.54) is 4.31 Å². The highest BCUT2D eigenvalue weighted by molar-refractivity contribution is 7.88. The maximum Gasteiger partial charge on any atom is 0.309 e. The number of para-hydroxylation sites is 1. The first-order valence-corrected chi connectivity index (χ1v) is 10.4. The Morgan fingerprint density at radius 2 is 1.88 bits per heavy atom. The van der Waals surface area contributed by atoms with E-state index in [0.29, 0.717) is 31.5 Å². The summed E-state index contributed by atoms with van der Waals surface area (Å²) in [5.41, 5.74) is 1.34. The normalized spacial score (nSPS) is 17.9. The number of nitrogens with zero attached hydrogens (tertiary/aromatic N) is 1. The smallest absolute Gasteiger partial charge is 0.309 e. The number of carbonyl (C=O) groups excluding carboxylic acids is 2. The van der Waals surface area contributed by atoms with Gasteiger partial charge in [0, 0.05) is 35.8 Å². The number of H-pyrrole nitrogens is 1. The summed E-state index contributed by atoms with van der Waals surface area (Å²) in [4.78, 5) is 28.0. The molecule has 1 aliphatic heterocycles. The Morgan fingerprint density at radius 3 is 2.54 bits per heavy atom. The molecule has 1 saturated heterocycles. The van der Waals surface area contributed by atoms with Crippen LogP contribution in [0, 0.1) is 5.92 Å². The van der Waals surface area contributed by atoms with Gasteiger partial charge in [0.05, 0.1) is 12.2 Å². The van der Waals surface area contributed by atoms with Gasteiger partial charge in [-0.15, -0.1) is 0 Å². The van der Waals surface area contributed by atoms with Crippen molar-refractivity contribution in [2.75, 3.05) is 19.3 Å². The van der Waals surface area contributed by atoms with Gasteiger partial charge in [0.1, 0.15) is 0 Å². The quantitative estimate of drug-likeness (QED) is 0.634. The molecule has 0 amide bonds. The summed E-state index contributed by atoms with van der Waals surface area (Å²) in [6.07, 6.45) is 2.70. The molecule has 3 rings (SSSR count). The van der Waals surface area contributed by atoms with Crippen molar-refractivity contribution in [2.45, 2.75) is 25.9 Å². The van der Waals surface area contributed by atoms with Crippen LogP contribution in [0.3, 0.4) is 0 Å². The minimum atomic E-state index is -3.24. The number of piperidine rings is 1. The van der Waals surface area contributed by atoms with Crippen LogP contribution < -0.4 is 0 Å². The lowest BCUT2D eigenvalue weighted by atomic mass is 9.98. The third kappa shape index (κ3) is 3.81. The van der Waals surface area contributed by atoms with E-state index in [0.717, 1.165) is 17.2 Å². The number of ketones is 1. The number of aromatic amines is 1. The number of hydrogen-bond acceptors (Lipinski definition) is 5. The number of rotatable bonds is 5. The molecule has 1 unspecified atom stereocenters. The van der Waals surface area contributed by atoms with E-state index >= 15 is 0 Å². The first-order valence-electron chi connectivity index (χ1n) is 8.53. The molecule has 0 bridgehead atoms. The SMILES string of the molecule is CC(OC(=O)C1CCN(S(C)(=O)=O)CC1)C(=O)c1c[nH]c2ccccc12. The van der Waals surface area contributed by atoms with Gasteiger partial charge in [0.2, 0.25) is 15.8 Å². The number of fused-ring (bicyclic) bond motifs is 1. The van der Waals surface area contributed by atoms with E-state index in [1.807, 2.05) is 24.3 Å². The van der Waals surface area contributed by atoms with Gasteiger partial charge < -0.3 is 9.72 Å². The molecule has 26 heavy (non-hydrogen) atoms. The maximum atomic E-state index is 12.6. The second kappa shape index (κ2) is 7.20. The van der Waals surface area contributed by atoms with Crippen molar-refractivity contribution in [3.8, 4) is 0 Å². The van der Waals surface area contributed by atoms with Crippen molar-refractivity contribution in [1.82, 2.24) is 9.29 Å². The van der Waals surface area contributed by atoms with Crippen LogP contribution in [0.15, 0.2) is 30.5 Å². The second-order valence-electron chi connectivity index (χ2n) is 6.63. The first kappa shape index (κ1) is 18.6. The summed E-state index contributed by atoms with van der Waals surface area (Å²) < 4.78 is 29.8. The van der Waals surface area contributed by atoms with Crippen LogP contribution >= 0.6 is 0 Å². The Hall–Kier alpha value is -2.19. The zero-order valence-corrected chi connectivity index (χ0v) is 15.6. The molecule has 0 spiro atoms. The average molecular weight is 378 g/mol. The van der Waals surface area contributed by atoms with E-state index in [-0.39, 0.29) is 11.7 Å². The number of sulfonamides is 1. The van der Waals surface area contributed by atoms with Gasteiger partial charge in [0.15, 0.2) is 6.10 Å². The van der Waals surface area contributed by atoms with Gasteiger partial charge in [-0.25, -0.2) is 12.7 Å². The third-order valence-electron chi connectivity index (χ3n) is 4.77. The Labute approximate surface area is 152 Å². The molecule has 7 nitrogen and oxygen atoms in total. The van der Waals surface area contributed by atoms with Crippen LogP contribution in [-0.2, 0) is 19.6 Å². The fourth-order valence-corrected chi connectivity index (χ4v) is 4.12. The van der Waals surface area contributed by atoms with Crippen molar-refractivity contribution in [3.63, 3.8) is 0 Å². The number of ether oxygens (including phenoxy) is 1. The Morgan fingerprint density at radius 1 is 1.23 bits per heavy atom. The van der Waals surface area contributed by atoms with Crippen LogP contribution in [-0.4, -0.2) is 54.9 Å². The van der Waals surface area contributed by atoms with E-state index in [9.17, 15) is 18.0 Å². The standard InChI is InChI=1S/C18H22N2O5S/c1-12(17(21)15-11-19-16-6-4-3-5-14(15)16)25-18(22)13-7-9-20(10-8-13)26(2,23)24/h3-6,11-13,19H,7-10H2,1-2H3. The molecule has 1 atom stereocenters. The molecule has 0 saturated carbocycles. The first-order chi connectivity index (χ1) is 12.3. The molecule has 1 aliphatic rings. The van der Waals surface area contributed by atoms with E-state index < -0.39 is 22.1 Å². The maximum absolute atomic E-state index is 12.6. The summed E-state index contributed by atoms with van der Waals surface area (Å²) in [5, 5.41) is 0.793. The van der Waals surface area contributed by atoms with E-state index in [1.54, 1.807) is 13.1 Å². The van der Waals surface area contributed by atoms with Crippen molar-refractivity contribution < 1.29 is 22.7 Å². The number of nitrogens with one attached hydrogen (secondary N) is 1. The van der Waals surface area contributed by atoms with Crippen LogP contribution in [0.25, 0.3) is 10.9 Å². The third-order valence-corrected chi connectivity index (χ3v) is 6.08. The van der Waals surface area contributed by atoms with Gasteiger partial charge in [-0.3, -0.25) is 9.59 Å². The molecule has 1 aromatic heterocycles. The molecule has 1 N–H and O–H groups in total. The minimum absolute atomic E-state index is 0.260. The van der Waals surface area contributed by atoms with Crippen molar-refractivity contribution in [2.24, 2.45) is 5.92 Å². The van der Waals surface area contributed by atoms with Gasteiger partial charge in [0.25, 0.3) is 0 Å². The predicted octanol–water partition coefficient (Wildman–Crippen LogP) is 1.95. The lowest BCUT2D eigenvalue weighted by Gasteiger charge is -2.29. The highest BCUT2D eigenvalue weighted by Gasteiger charge is 2.32. The molecule has 140 valence electrons. The van der Waals surface area contributed by atoms with Crippen molar-refractivity contribution >= 4 is 32.7 Å². The minimum Gasteiger partial charge on any atom is -0.454 e. The van der Waals surface area contributed by atoms with Gasteiger partial charge in [-0.05, 0) is 25.8 Å². The number of Topliss-reactive ketones (excluding diaryl/α,β-unsaturated/α-hetero) is 1. The van der Waals surface area contributed by atoms with E-state index in [4.69, 9.17) is 4.74 Å². The lowest BCUT2D eigenvalue weighted by Crippen LogP contribution is -2.40. The predicted molar refractivity (Wildman–Crippen MR) is 97.3 cm³/mol. The van der Waals surface area contributed by atoms with E-state index in [2.05, 4.69) is 4.98 Å². The number of carbonyl (C=O) groups is 2. The average Bonchev–Trinajstić information content (AvgIpc) is 3.04. The Balaban J connectivity index is 1.62. The van der Waals surface area contributed by atoms with Crippen molar-refractivity contribution in [3.05, 3.63) is 36.0 Å². The van der Waals surface area contributed by atoms with Crippen molar-refractivity contribution in [1.29, 1.82) is 0 Å². The lowest BCUT2D eigenvalue weighted by molar-refractivity contribution is -0.152. The van der Waals surface area contributed by atoms with Gasteiger partial charge in [-0.2, -0.15) is 0 Å². The highest BCUT2D eigenvalue weighted by Crippen LogP contribution is 2.23. The van der Waals surface area contributed by atoms with Crippen LogP contribution in [0.2, 0.25) is 0 Å². The molecule has 1 aromatic carbocycles. The number of aromatic nitrogens is 1. The Kier molecular flexibility index (Phi) is 5.15. The summed E-state index contributed by atoms with van der Waals surface area (Å²) in [7, 11) is -3.24. The van der Waals surface area contributed by atoms with Crippen LogP contribution in [0.1, 0.15) is 30.1 Å². The summed E-state index contributed by atoms with van der Waals surface area (Å²) in [6, 6.07) is 7.44. The number of benzene rings is 1.